The van der Waals surface area contributed by atoms with Crippen LogP contribution in [0.5, 0.6) is 0 Å². The minimum absolute atomic E-state index is 0.0614. The van der Waals surface area contributed by atoms with E-state index in [1.807, 2.05) is 19.9 Å². The van der Waals surface area contributed by atoms with Crippen LogP contribution >= 0.6 is 34.8 Å². The zero-order valence-electron chi connectivity index (χ0n) is 9.80. The molecule has 2 atom stereocenters. The molecule has 2 unspecified atom stereocenters. The Morgan fingerprint density at radius 1 is 1.18 bits per heavy atom. The first-order chi connectivity index (χ1) is 7.97. The van der Waals surface area contributed by atoms with Gasteiger partial charge >= 0.3 is 0 Å². The second kappa shape index (κ2) is 6.81. The summed E-state index contributed by atoms with van der Waals surface area (Å²) in [7, 11) is 0. The lowest BCUT2D eigenvalue weighted by Crippen LogP contribution is -2.26. The van der Waals surface area contributed by atoms with Crippen LogP contribution in [-0.4, -0.2) is 18.3 Å². The molecule has 0 fully saturated rings. The highest BCUT2D eigenvalue weighted by Gasteiger charge is 2.14. The first kappa shape index (κ1) is 15.1. The lowest BCUT2D eigenvalue weighted by molar-refractivity contribution is 0.231. The van der Waals surface area contributed by atoms with Crippen molar-refractivity contribution in [2.24, 2.45) is 5.92 Å². The molecular formula is C12H16Cl3NO. The van der Waals surface area contributed by atoms with Gasteiger partial charge in [0.15, 0.2) is 0 Å². The maximum absolute atomic E-state index is 8.95. The van der Waals surface area contributed by atoms with Crippen molar-refractivity contribution in [3.8, 4) is 0 Å². The molecule has 0 saturated heterocycles. The molecule has 17 heavy (non-hydrogen) atoms. The summed E-state index contributed by atoms with van der Waals surface area (Å²) in [5, 5.41) is 13.6. The molecule has 0 spiro atoms. The minimum atomic E-state index is 0.0614. The second-order valence-electron chi connectivity index (χ2n) is 4.18. The van der Waals surface area contributed by atoms with E-state index in [9.17, 15) is 0 Å². The number of nitrogens with one attached hydrogen (secondary N) is 1. The molecule has 0 aliphatic rings. The maximum Gasteiger partial charge on any atom is 0.0781 e. The van der Waals surface area contributed by atoms with Crippen LogP contribution in [0.3, 0.4) is 0 Å². The van der Waals surface area contributed by atoms with Crippen LogP contribution in [0.1, 0.15) is 25.5 Å². The molecule has 0 aliphatic heterocycles. The van der Waals surface area contributed by atoms with E-state index in [-0.39, 0.29) is 18.6 Å². The lowest BCUT2D eigenvalue weighted by atomic mass is 10.1. The Morgan fingerprint density at radius 2 is 1.82 bits per heavy atom. The molecule has 0 saturated carbocycles. The second-order valence-corrected chi connectivity index (χ2v) is 5.35. The van der Waals surface area contributed by atoms with Gasteiger partial charge in [-0.05, 0) is 24.5 Å². The van der Waals surface area contributed by atoms with E-state index < -0.39 is 0 Å². The van der Waals surface area contributed by atoms with Crippen LogP contribution < -0.4 is 5.32 Å². The Morgan fingerprint density at radius 3 is 2.41 bits per heavy atom. The number of hydrogen-bond donors (Lipinski definition) is 2. The van der Waals surface area contributed by atoms with Gasteiger partial charge in [0, 0.05) is 19.2 Å². The average molecular weight is 297 g/mol. The molecule has 1 aromatic rings. The predicted molar refractivity (Wildman–Crippen MR) is 74.1 cm³/mol. The number of hydrogen-bond acceptors (Lipinski definition) is 2. The molecule has 96 valence electrons. The van der Waals surface area contributed by atoms with E-state index in [1.165, 1.54) is 0 Å². The average Bonchev–Trinajstić information content (AvgIpc) is 2.32. The number of benzene rings is 1. The number of aliphatic hydroxyl groups excluding tert-OH is 1. The third-order valence-corrected chi connectivity index (χ3v) is 3.92. The van der Waals surface area contributed by atoms with Crippen molar-refractivity contribution in [2.45, 2.75) is 19.9 Å². The quantitative estimate of drug-likeness (QED) is 0.807. The first-order valence-corrected chi connectivity index (χ1v) is 6.58. The number of aliphatic hydroxyl groups is 1. The molecule has 0 bridgehead atoms. The zero-order valence-corrected chi connectivity index (χ0v) is 12.1. The molecule has 0 heterocycles. The summed E-state index contributed by atoms with van der Waals surface area (Å²) in [6, 6.07) is 3.66. The van der Waals surface area contributed by atoms with Crippen molar-refractivity contribution in [3.63, 3.8) is 0 Å². The van der Waals surface area contributed by atoms with Crippen molar-refractivity contribution in [2.75, 3.05) is 13.2 Å². The highest BCUT2D eigenvalue weighted by molar-refractivity contribution is 6.48. The fourth-order valence-corrected chi connectivity index (χ4v) is 2.13. The van der Waals surface area contributed by atoms with Gasteiger partial charge in [-0.2, -0.15) is 0 Å². The van der Waals surface area contributed by atoms with Gasteiger partial charge in [0.1, 0.15) is 0 Å². The molecule has 2 N–H and O–H groups in total. The van der Waals surface area contributed by atoms with Gasteiger partial charge in [-0.15, -0.1) is 0 Å². The fourth-order valence-electron chi connectivity index (χ4n) is 1.43. The van der Waals surface area contributed by atoms with Crippen LogP contribution in [0, 0.1) is 5.92 Å². The van der Waals surface area contributed by atoms with E-state index in [0.29, 0.717) is 21.6 Å². The summed E-state index contributed by atoms with van der Waals surface area (Å²) >= 11 is 18.0. The van der Waals surface area contributed by atoms with E-state index >= 15 is 0 Å². The molecule has 0 amide bonds. The van der Waals surface area contributed by atoms with Crippen molar-refractivity contribution in [3.05, 3.63) is 32.8 Å². The smallest absolute Gasteiger partial charge is 0.0781 e. The van der Waals surface area contributed by atoms with Crippen LogP contribution in [0.4, 0.5) is 0 Å². The molecule has 1 aromatic carbocycles. The van der Waals surface area contributed by atoms with E-state index in [2.05, 4.69) is 5.32 Å². The predicted octanol–water partition coefficient (Wildman–Crippen LogP) is 3.93. The molecular weight excluding hydrogens is 280 g/mol. The highest BCUT2D eigenvalue weighted by Crippen LogP contribution is 2.35. The van der Waals surface area contributed by atoms with Crippen LogP contribution in [-0.2, 0) is 0 Å². The number of halogens is 3. The fraction of sp³-hybridized carbons (Fsp3) is 0.500. The minimum Gasteiger partial charge on any atom is -0.396 e. The molecule has 0 aliphatic carbocycles. The summed E-state index contributed by atoms with van der Waals surface area (Å²) in [4.78, 5) is 0. The SMILES string of the molecule is CC(CO)CNC(C)c1ccc(Cl)c(Cl)c1Cl. The summed E-state index contributed by atoms with van der Waals surface area (Å²) in [6.07, 6.45) is 0. The molecule has 5 heteroatoms. The van der Waals surface area contributed by atoms with Gasteiger partial charge in [0.05, 0.1) is 15.1 Å². The van der Waals surface area contributed by atoms with Gasteiger partial charge in [0.25, 0.3) is 0 Å². The lowest BCUT2D eigenvalue weighted by Gasteiger charge is -2.18. The Bertz CT molecular complexity index is 384. The first-order valence-electron chi connectivity index (χ1n) is 5.45. The van der Waals surface area contributed by atoms with Crippen LogP contribution in [0.2, 0.25) is 15.1 Å². The maximum atomic E-state index is 8.95. The van der Waals surface area contributed by atoms with Crippen molar-refractivity contribution < 1.29 is 5.11 Å². The normalized spacial score (nSPS) is 14.7. The molecule has 2 nitrogen and oxygen atoms in total. The van der Waals surface area contributed by atoms with E-state index in [1.54, 1.807) is 6.07 Å². The van der Waals surface area contributed by atoms with Gasteiger partial charge in [0.2, 0.25) is 0 Å². The largest absolute Gasteiger partial charge is 0.396 e. The van der Waals surface area contributed by atoms with Crippen LogP contribution in [0.25, 0.3) is 0 Å². The van der Waals surface area contributed by atoms with E-state index in [0.717, 1.165) is 5.56 Å². The Balaban J connectivity index is 2.76. The van der Waals surface area contributed by atoms with Gasteiger partial charge in [-0.1, -0.05) is 47.8 Å². The monoisotopic (exact) mass is 295 g/mol. The van der Waals surface area contributed by atoms with Crippen molar-refractivity contribution in [1.82, 2.24) is 5.32 Å². The third kappa shape index (κ3) is 4.01. The standard InChI is InChI=1S/C12H16Cl3NO/c1-7(6-17)5-16-8(2)9-3-4-10(13)12(15)11(9)14/h3-4,7-8,16-17H,5-6H2,1-2H3. The third-order valence-electron chi connectivity index (χ3n) is 2.62. The number of rotatable bonds is 5. The summed E-state index contributed by atoms with van der Waals surface area (Å²) < 4.78 is 0. The molecule has 0 aromatic heterocycles. The highest BCUT2D eigenvalue weighted by atomic mass is 35.5. The van der Waals surface area contributed by atoms with Crippen molar-refractivity contribution >= 4 is 34.8 Å². The summed E-state index contributed by atoms with van der Waals surface area (Å²) in [6.45, 7) is 4.84. The van der Waals surface area contributed by atoms with Gasteiger partial charge in [-0.3, -0.25) is 0 Å². The van der Waals surface area contributed by atoms with Gasteiger partial charge in [-0.25, -0.2) is 0 Å². The Labute approximate surface area is 117 Å². The summed E-state index contributed by atoms with van der Waals surface area (Å²) in [5.41, 5.74) is 0.909. The summed E-state index contributed by atoms with van der Waals surface area (Å²) in [5.74, 6) is 0.207. The Kier molecular flexibility index (Phi) is 6.04. The zero-order chi connectivity index (χ0) is 13.0. The van der Waals surface area contributed by atoms with Crippen LogP contribution in [0.15, 0.2) is 12.1 Å². The van der Waals surface area contributed by atoms with Crippen molar-refractivity contribution in [1.29, 1.82) is 0 Å². The molecule has 1 rings (SSSR count). The molecule has 0 radical (unpaired) electrons. The Hall–Kier alpha value is 0.01000. The van der Waals surface area contributed by atoms with E-state index in [4.69, 9.17) is 39.9 Å². The van der Waals surface area contributed by atoms with Gasteiger partial charge < -0.3 is 10.4 Å². The topological polar surface area (TPSA) is 32.3 Å².